The molecule has 0 spiro atoms. The molecule has 12 aromatic rings. The van der Waals surface area contributed by atoms with Crippen LogP contribution in [0.1, 0.15) is 142 Å². The van der Waals surface area contributed by atoms with Crippen LogP contribution in [0, 0.1) is 96.3 Å². The van der Waals surface area contributed by atoms with Gasteiger partial charge >= 0.3 is 0 Å². The number of fused-ring (bicyclic) bond motifs is 4. The number of hydrogen-bond donors (Lipinski definition) is 4. The van der Waals surface area contributed by atoms with E-state index in [-0.39, 0.29) is 207 Å². The number of rotatable bonds is 36. The largest absolute Gasteiger partial charge is 0.494 e. The van der Waals surface area contributed by atoms with Gasteiger partial charge in [-0.05, 0) is 255 Å². The fourth-order valence-corrected chi connectivity index (χ4v) is 12.3. The molecule has 0 unspecified atom stereocenters. The van der Waals surface area contributed by atoms with Gasteiger partial charge in [0.05, 0.1) is 118 Å². The molecule has 0 radical (unpaired) electrons. The molecular formula is C104H108F4N16O8. The second-order valence-electron chi connectivity index (χ2n) is 28.7. The standard InChI is InChI=1S/4C26H27FN4O2/c4*1-5-33-25-14-24-22(13-18(25)12-21(32)7-6-10-31(3)4)26(19(15-28)16-29-24)30-20-8-9-23(27)17(2)11-20/h4*6-9,11,13-14,16H,5,10,12H2,1-4H3,(H,29,30)/b4*7-6+/i1D3,5D2,8D,9D,10D2,11D;1D3,3D3,5D2,8D,9D,11D;3D3,5D2,8D,9D,11D;3D3,8D,9D,11D. The molecule has 8 aromatic carbocycles. The number of aromatic nitrogens is 4. The molecular weight excluding hydrogens is 1680 g/mol. The first-order chi connectivity index (χ1) is 77.1. The van der Waals surface area contributed by atoms with Gasteiger partial charge in [-0.2, -0.15) is 21.0 Å². The Hall–Kier alpha value is -15.0. The first-order valence-electron chi connectivity index (χ1n) is 57.0. The van der Waals surface area contributed by atoms with Gasteiger partial charge in [-0.3, -0.25) is 39.1 Å². The summed E-state index contributed by atoms with van der Waals surface area (Å²) in [6.07, 6.45) is 13.1. The number of pyridine rings is 4. The molecule has 4 N–H and O–H groups in total. The number of nitrogens with zero attached hydrogens (tertiary/aromatic N) is 12. The lowest BCUT2D eigenvalue weighted by Gasteiger charge is -2.15. The van der Waals surface area contributed by atoms with E-state index in [1.54, 1.807) is 19.1 Å². The zero-order valence-corrected chi connectivity index (χ0v) is 72.8. The minimum Gasteiger partial charge on any atom is -0.494 e. The lowest BCUT2D eigenvalue weighted by molar-refractivity contribution is -0.114. The quantitative estimate of drug-likeness (QED) is 0.0209. The molecule has 0 amide bonds. The van der Waals surface area contributed by atoms with Crippen molar-refractivity contribution in [1.29, 1.82) is 21.0 Å². The molecule has 4 aromatic heterocycles. The van der Waals surface area contributed by atoms with Gasteiger partial charge in [-0.1, -0.05) is 24.3 Å². The van der Waals surface area contributed by atoms with Gasteiger partial charge in [0.15, 0.2) is 23.1 Å². The van der Waals surface area contributed by atoms with E-state index in [4.69, 9.17) is 66.9 Å². The van der Waals surface area contributed by atoms with Crippen molar-refractivity contribution < 1.29 is 104 Å². The maximum atomic E-state index is 14.3. The lowest BCUT2D eigenvalue weighted by atomic mass is 10.0. The fraction of sp³-hybridized carbons (Fsp3) is 0.269. The van der Waals surface area contributed by atoms with Crippen molar-refractivity contribution in [3.63, 3.8) is 0 Å². The van der Waals surface area contributed by atoms with Crippen molar-refractivity contribution in [2.24, 2.45) is 0 Å². The van der Waals surface area contributed by atoms with E-state index in [2.05, 4.69) is 41.2 Å². The summed E-state index contributed by atoms with van der Waals surface area (Å²) in [4.78, 5) is 72.6. The molecule has 0 saturated heterocycles. The number of carbonyl (C=O) groups is 4. The summed E-state index contributed by atoms with van der Waals surface area (Å²) in [6, 6.07) is 11.8. The van der Waals surface area contributed by atoms with Crippen LogP contribution in [0.25, 0.3) is 43.6 Å². The second-order valence-corrected chi connectivity index (χ2v) is 28.7. The Morgan fingerprint density at radius 2 is 0.652 bits per heavy atom. The molecule has 28 heteroatoms. The topological polar surface area (TPSA) is 313 Å². The van der Waals surface area contributed by atoms with Gasteiger partial charge in [0.2, 0.25) is 0 Å². The highest BCUT2D eigenvalue weighted by Crippen LogP contribution is 2.40. The third kappa shape index (κ3) is 28.5. The molecule has 0 saturated carbocycles. The summed E-state index contributed by atoms with van der Waals surface area (Å²) >= 11 is 0. The molecule has 12 rings (SSSR count). The highest BCUT2D eigenvalue weighted by molar-refractivity contribution is 6.03. The van der Waals surface area contributed by atoms with Crippen LogP contribution in [-0.4, -0.2) is 171 Å². The smallest absolute Gasteiger partial charge is 0.159 e. The molecule has 0 aliphatic heterocycles. The van der Waals surface area contributed by atoms with E-state index in [1.165, 1.54) is 142 Å². The number of nitriles is 4. The Kier molecular flexibility index (Phi) is 22.8. The second kappa shape index (κ2) is 48.9. The molecule has 0 atom stereocenters. The number of anilines is 8. The maximum absolute atomic E-state index is 14.3. The van der Waals surface area contributed by atoms with E-state index >= 15 is 0 Å². The van der Waals surface area contributed by atoms with E-state index < -0.39 is 175 Å². The number of hydrogen-bond acceptors (Lipinski definition) is 24. The van der Waals surface area contributed by atoms with E-state index in [9.17, 15) is 57.8 Å². The van der Waals surface area contributed by atoms with Gasteiger partial charge in [0, 0.05) is 191 Å². The maximum Gasteiger partial charge on any atom is 0.159 e. The molecule has 0 fully saturated rings. The summed E-state index contributed by atoms with van der Waals surface area (Å²) < 4.78 is 351. The minimum absolute atomic E-state index is 0.00273. The van der Waals surface area contributed by atoms with Gasteiger partial charge < -0.3 is 59.8 Å². The van der Waals surface area contributed by atoms with Crippen molar-refractivity contribution in [3.8, 4) is 47.3 Å². The molecule has 680 valence electrons. The first-order valence-corrected chi connectivity index (χ1v) is 39.5. The first kappa shape index (κ1) is 61.5. The minimum atomic E-state index is -3.22. The monoisotopic (exact) mass is 1820 g/mol. The summed E-state index contributed by atoms with van der Waals surface area (Å²) in [6.45, 7) is -15.7. The van der Waals surface area contributed by atoms with Gasteiger partial charge in [0.1, 0.15) is 70.5 Å². The number of allylic oxidation sites excluding steroid dienone is 4. The zero-order valence-electron chi connectivity index (χ0n) is 108. The summed E-state index contributed by atoms with van der Waals surface area (Å²) in [7, 11) is 7.06. The average molecular weight is 1820 g/mol. The Balaban J connectivity index is 0.000000245. The molecule has 132 heavy (non-hydrogen) atoms. The van der Waals surface area contributed by atoms with Crippen molar-refractivity contribution in [1.82, 2.24) is 39.5 Å². The zero-order chi connectivity index (χ0) is 126. The average Bonchev–Trinajstić information content (AvgIpc) is 0.763. The number of nitrogens with one attached hydrogen (secondary N) is 4. The Morgan fingerprint density at radius 1 is 0.394 bits per heavy atom. The van der Waals surface area contributed by atoms with Crippen LogP contribution >= 0.6 is 0 Å². The summed E-state index contributed by atoms with van der Waals surface area (Å²) in [5.41, 5.74) is -0.215. The third-order valence-corrected chi connectivity index (χ3v) is 18.4. The molecule has 0 aliphatic carbocycles. The number of carbonyl (C=O) groups excluding carboxylic acids is 4. The van der Waals surface area contributed by atoms with Gasteiger partial charge in [0.25, 0.3) is 0 Å². The molecule has 4 heterocycles. The number of ether oxygens (including phenoxy) is 4. The highest BCUT2D eigenvalue weighted by atomic mass is 19.1. The predicted molar refractivity (Wildman–Crippen MR) is 514 cm³/mol. The van der Waals surface area contributed by atoms with Crippen molar-refractivity contribution in [2.45, 2.75) is 80.9 Å². The Bertz CT molecular complexity index is 8220. The van der Waals surface area contributed by atoms with Crippen LogP contribution in [-0.2, 0) is 44.9 Å². The Morgan fingerprint density at radius 3 is 0.886 bits per heavy atom. The lowest BCUT2D eigenvalue weighted by Crippen LogP contribution is -2.11. The normalized spacial score (nSPS) is 15.9. The number of ketones is 4. The van der Waals surface area contributed by atoms with Crippen LogP contribution in [0.3, 0.4) is 0 Å². The number of likely N-dealkylation sites (N-methyl/N-ethyl adjacent to an activating group) is 4. The van der Waals surface area contributed by atoms with Crippen LogP contribution in [0.2, 0.25) is 0 Å². The van der Waals surface area contributed by atoms with Gasteiger partial charge in [-0.25, -0.2) is 17.6 Å². The molecule has 0 aliphatic rings. The summed E-state index contributed by atoms with van der Waals surface area (Å²) in [5, 5.41) is 51.2. The van der Waals surface area contributed by atoms with Crippen LogP contribution in [0.15, 0.2) is 194 Å². The van der Waals surface area contributed by atoms with Crippen LogP contribution in [0.4, 0.5) is 63.1 Å². The highest BCUT2D eigenvalue weighted by Gasteiger charge is 2.23. The van der Waals surface area contributed by atoms with E-state index in [0.29, 0.717) is 28.8 Å². The van der Waals surface area contributed by atoms with Crippen LogP contribution in [0.5, 0.6) is 23.0 Å². The predicted octanol–water partition coefficient (Wildman–Crippen LogP) is 19.7. The number of halogens is 4. The van der Waals surface area contributed by atoms with Crippen molar-refractivity contribution in [3.05, 3.63) is 284 Å². The Labute approximate surface area is 816 Å². The van der Waals surface area contributed by atoms with E-state index in [0.717, 1.165) is 57.5 Å². The SMILES string of the molecule is [2H]c1c([2H])c(Nc2c(C#N)cnc3cc(OC([2H])([2H])C([2H])([2H])[2H])c(CC(=O)/C=C/C([2H])([2H])N(C)C)cc23)c([2H])c(C)c1F.[2H]c1c([2H])c(Nc2c(C#N)cnc3cc(OC([2H])([2H])C([2H])([2H])[2H])c(CC(=O)/C=C/CN(C)C([2H])([2H])[2H])cc23)c([2H])c(C)c1F.[2H]c1c([2H])c(Nc2c(C#N)cnc3cc(OC([2H])([2H])C)c(CC(=O)/C=C/CN(C)C([2H])([2H])[2H])cc23)c([2H])c(C)c1F.[2H]c1c([2H])c(Nc2c(C#N)cnc3cc(OCC)c(CC(=O)/C=C/CN(C)C([2H])([2H])[2H])cc23)c([2H])c(C)c1F. The fourth-order valence-electron chi connectivity index (χ4n) is 12.3. The van der Waals surface area contributed by atoms with Crippen molar-refractivity contribution >= 4 is 112 Å². The van der Waals surface area contributed by atoms with Crippen molar-refractivity contribution in [2.75, 3.05) is 130 Å². The molecule has 0 bridgehead atoms. The number of benzene rings is 8. The van der Waals surface area contributed by atoms with Crippen LogP contribution < -0.4 is 40.2 Å². The van der Waals surface area contributed by atoms with E-state index in [1.807, 2.05) is 24.3 Å². The third-order valence-electron chi connectivity index (χ3n) is 18.4. The summed E-state index contributed by atoms with van der Waals surface area (Å²) in [5.74, 6) is -6.37. The van der Waals surface area contributed by atoms with Gasteiger partial charge in [-0.15, -0.1) is 0 Å². The molecule has 24 nitrogen and oxygen atoms in total.